The molecular formula is C11H18N2O3S. The first-order valence-electron chi connectivity index (χ1n) is 5.26. The molecule has 1 rings (SSSR count). The van der Waals surface area contributed by atoms with Crippen molar-refractivity contribution in [2.75, 3.05) is 20.8 Å². The van der Waals surface area contributed by atoms with Crippen LogP contribution in [0.4, 0.5) is 0 Å². The SMILES string of the molecule is CNS(=O)(=O)c1ccc(CC(N)COC)cc1. The largest absolute Gasteiger partial charge is 0.383 e. The van der Waals surface area contributed by atoms with Crippen LogP contribution >= 0.6 is 0 Å². The van der Waals surface area contributed by atoms with E-state index in [-0.39, 0.29) is 10.9 Å². The van der Waals surface area contributed by atoms with Gasteiger partial charge in [0, 0.05) is 13.2 Å². The van der Waals surface area contributed by atoms with E-state index in [0.717, 1.165) is 5.56 Å². The Kier molecular flexibility index (Phi) is 5.07. The van der Waals surface area contributed by atoms with Gasteiger partial charge in [0.25, 0.3) is 0 Å². The zero-order valence-electron chi connectivity index (χ0n) is 10.0. The molecule has 1 aromatic rings. The standard InChI is InChI=1S/C11H18N2O3S/c1-13-17(14,15)11-5-3-9(4-6-11)7-10(12)8-16-2/h3-6,10,13H,7-8,12H2,1-2H3. The van der Waals surface area contributed by atoms with E-state index in [0.29, 0.717) is 13.0 Å². The minimum absolute atomic E-state index is 0.0771. The molecule has 0 aliphatic carbocycles. The van der Waals surface area contributed by atoms with E-state index in [4.69, 9.17) is 10.5 Å². The monoisotopic (exact) mass is 258 g/mol. The highest BCUT2D eigenvalue weighted by molar-refractivity contribution is 7.89. The van der Waals surface area contributed by atoms with E-state index in [1.54, 1.807) is 31.4 Å². The van der Waals surface area contributed by atoms with Crippen LogP contribution in [0.15, 0.2) is 29.2 Å². The van der Waals surface area contributed by atoms with Crippen LogP contribution in [0.1, 0.15) is 5.56 Å². The fourth-order valence-corrected chi connectivity index (χ4v) is 2.23. The molecule has 0 saturated heterocycles. The number of rotatable bonds is 6. The highest BCUT2D eigenvalue weighted by Crippen LogP contribution is 2.11. The summed E-state index contributed by atoms with van der Waals surface area (Å²) in [6.45, 7) is 0.483. The minimum atomic E-state index is -3.36. The van der Waals surface area contributed by atoms with E-state index in [9.17, 15) is 8.42 Å². The summed E-state index contributed by atoms with van der Waals surface area (Å²) in [5.74, 6) is 0. The summed E-state index contributed by atoms with van der Waals surface area (Å²) in [6, 6.07) is 6.59. The quantitative estimate of drug-likeness (QED) is 0.759. The first kappa shape index (κ1) is 14.1. The van der Waals surface area contributed by atoms with Crippen LogP contribution in [0.2, 0.25) is 0 Å². The number of sulfonamides is 1. The van der Waals surface area contributed by atoms with Crippen molar-refractivity contribution < 1.29 is 13.2 Å². The minimum Gasteiger partial charge on any atom is -0.383 e. The van der Waals surface area contributed by atoms with E-state index >= 15 is 0 Å². The smallest absolute Gasteiger partial charge is 0.240 e. The zero-order chi connectivity index (χ0) is 12.9. The highest BCUT2D eigenvalue weighted by Gasteiger charge is 2.11. The number of methoxy groups -OCH3 is 1. The molecule has 1 unspecified atom stereocenters. The van der Waals surface area contributed by atoms with Gasteiger partial charge in [0.1, 0.15) is 0 Å². The molecule has 1 aromatic carbocycles. The lowest BCUT2D eigenvalue weighted by atomic mass is 10.1. The van der Waals surface area contributed by atoms with E-state index in [1.807, 2.05) is 0 Å². The van der Waals surface area contributed by atoms with Crippen molar-refractivity contribution in [2.45, 2.75) is 17.4 Å². The van der Waals surface area contributed by atoms with Crippen molar-refractivity contribution in [3.63, 3.8) is 0 Å². The predicted molar refractivity (Wildman–Crippen MR) is 66.2 cm³/mol. The van der Waals surface area contributed by atoms with Crippen molar-refractivity contribution in [1.82, 2.24) is 4.72 Å². The lowest BCUT2D eigenvalue weighted by molar-refractivity contribution is 0.180. The van der Waals surface area contributed by atoms with Crippen molar-refractivity contribution in [2.24, 2.45) is 5.73 Å². The Morgan fingerprint density at radius 3 is 2.41 bits per heavy atom. The van der Waals surface area contributed by atoms with Gasteiger partial charge in [-0.1, -0.05) is 12.1 Å². The Labute approximate surface area is 102 Å². The number of hydrogen-bond donors (Lipinski definition) is 2. The predicted octanol–water partition coefficient (Wildman–Crippen LogP) is 0.111. The second kappa shape index (κ2) is 6.11. The third-order valence-electron chi connectivity index (χ3n) is 2.38. The number of benzene rings is 1. The molecule has 3 N–H and O–H groups in total. The summed E-state index contributed by atoms with van der Waals surface area (Å²) in [4.78, 5) is 0.254. The van der Waals surface area contributed by atoms with Gasteiger partial charge in [-0.2, -0.15) is 0 Å². The van der Waals surface area contributed by atoms with Crippen LogP contribution in [0.3, 0.4) is 0 Å². The summed E-state index contributed by atoms with van der Waals surface area (Å²) in [6.07, 6.45) is 0.660. The van der Waals surface area contributed by atoms with Gasteiger partial charge in [0.05, 0.1) is 11.5 Å². The van der Waals surface area contributed by atoms with Crippen LogP contribution in [0, 0.1) is 0 Å². The molecule has 1 atom stereocenters. The molecule has 5 nitrogen and oxygen atoms in total. The zero-order valence-corrected chi connectivity index (χ0v) is 10.8. The van der Waals surface area contributed by atoms with Gasteiger partial charge in [0.15, 0.2) is 0 Å². The van der Waals surface area contributed by atoms with Gasteiger partial charge >= 0.3 is 0 Å². The second-order valence-electron chi connectivity index (χ2n) is 3.77. The molecule has 0 heterocycles. The molecular weight excluding hydrogens is 240 g/mol. The normalized spacial score (nSPS) is 13.6. The molecule has 0 spiro atoms. The van der Waals surface area contributed by atoms with Gasteiger partial charge < -0.3 is 10.5 Å². The van der Waals surface area contributed by atoms with Gasteiger partial charge in [-0.3, -0.25) is 0 Å². The molecule has 6 heteroatoms. The third-order valence-corrected chi connectivity index (χ3v) is 3.81. The maximum atomic E-state index is 11.5. The molecule has 0 aromatic heterocycles. The molecule has 0 bridgehead atoms. The summed E-state index contributed by atoms with van der Waals surface area (Å²) < 4.78 is 30.2. The second-order valence-corrected chi connectivity index (χ2v) is 5.66. The Balaban J connectivity index is 2.75. The Bertz CT molecular complexity index is 442. The molecule has 17 heavy (non-hydrogen) atoms. The molecule has 0 radical (unpaired) electrons. The summed E-state index contributed by atoms with van der Waals surface area (Å²) in [7, 11) is -0.373. The van der Waals surface area contributed by atoms with E-state index in [2.05, 4.69) is 4.72 Å². The van der Waals surface area contributed by atoms with Crippen LogP contribution in [-0.4, -0.2) is 35.2 Å². The fraction of sp³-hybridized carbons (Fsp3) is 0.455. The summed E-state index contributed by atoms with van der Waals surface area (Å²) in [5.41, 5.74) is 6.80. The maximum Gasteiger partial charge on any atom is 0.240 e. The number of hydrogen-bond acceptors (Lipinski definition) is 4. The van der Waals surface area contributed by atoms with Crippen molar-refractivity contribution >= 4 is 10.0 Å². The average Bonchev–Trinajstić information content (AvgIpc) is 2.30. The molecule has 96 valence electrons. The highest BCUT2D eigenvalue weighted by atomic mass is 32.2. The fourth-order valence-electron chi connectivity index (χ4n) is 1.50. The Morgan fingerprint density at radius 1 is 1.35 bits per heavy atom. The topological polar surface area (TPSA) is 81.4 Å². The Hall–Kier alpha value is -0.950. The summed E-state index contributed by atoms with van der Waals surface area (Å²) >= 11 is 0. The van der Waals surface area contributed by atoms with Gasteiger partial charge in [-0.25, -0.2) is 13.1 Å². The van der Waals surface area contributed by atoms with Crippen LogP contribution in [0.25, 0.3) is 0 Å². The van der Waals surface area contributed by atoms with Crippen LogP contribution in [-0.2, 0) is 21.2 Å². The number of ether oxygens (including phenoxy) is 1. The van der Waals surface area contributed by atoms with Gasteiger partial charge in [0.2, 0.25) is 10.0 Å². The molecule has 0 fully saturated rings. The average molecular weight is 258 g/mol. The lowest BCUT2D eigenvalue weighted by Crippen LogP contribution is -2.28. The summed E-state index contributed by atoms with van der Waals surface area (Å²) in [5, 5.41) is 0. The van der Waals surface area contributed by atoms with Crippen molar-refractivity contribution in [1.29, 1.82) is 0 Å². The van der Waals surface area contributed by atoms with E-state index < -0.39 is 10.0 Å². The molecule has 0 aliphatic heterocycles. The number of nitrogens with one attached hydrogen (secondary N) is 1. The van der Waals surface area contributed by atoms with Crippen LogP contribution in [0.5, 0.6) is 0 Å². The van der Waals surface area contributed by atoms with Gasteiger partial charge in [-0.15, -0.1) is 0 Å². The number of nitrogens with two attached hydrogens (primary N) is 1. The molecule has 0 aliphatic rings. The Morgan fingerprint density at radius 2 is 1.94 bits per heavy atom. The van der Waals surface area contributed by atoms with Crippen molar-refractivity contribution in [3.8, 4) is 0 Å². The maximum absolute atomic E-state index is 11.5. The molecule has 0 saturated carbocycles. The third kappa shape index (κ3) is 4.08. The lowest BCUT2D eigenvalue weighted by Gasteiger charge is -2.10. The van der Waals surface area contributed by atoms with E-state index in [1.165, 1.54) is 7.05 Å². The first-order chi connectivity index (χ1) is 7.99. The van der Waals surface area contributed by atoms with Crippen LogP contribution < -0.4 is 10.5 Å². The molecule has 0 amide bonds. The van der Waals surface area contributed by atoms with Crippen molar-refractivity contribution in [3.05, 3.63) is 29.8 Å². The van der Waals surface area contributed by atoms with Gasteiger partial charge in [-0.05, 0) is 31.2 Å². The first-order valence-corrected chi connectivity index (χ1v) is 6.75.